The van der Waals surface area contributed by atoms with E-state index in [0.717, 1.165) is 15.7 Å². The molecule has 0 spiro atoms. The van der Waals surface area contributed by atoms with E-state index in [1.807, 2.05) is 12.1 Å². The van der Waals surface area contributed by atoms with Gasteiger partial charge in [0.15, 0.2) is 5.65 Å². The van der Waals surface area contributed by atoms with Gasteiger partial charge in [0, 0.05) is 18.0 Å². The van der Waals surface area contributed by atoms with E-state index in [9.17, 15) is 22.8 Å². The van der Waals surface area contributed by atoms with Crippen molar-refractivity contribution in [1.29, 1.82) is 0 Å². The summed E-state index contributed by atoms with van der Waals surface area (Å²) in [5, 5.41) is 6.08. The fourth-order valence-corrected chi connectivity index (χ4v) is 3.83. The zero-order valence-corrected chi connectivity index (χ0v) is 17.5. The van der Waals surface area contributed by atoms with Crippen LogP contribution in [0.3, 0.4) is 0 Å². The van der Waals surface area contributed by atoms with E-state index in [0.29, 0.717) is 22.4 Å². The molecule has 11 heteroatoms. The molecule has 34 heavy (non-hydrogen) atoms. The lowest BCUT2D eigenvalue weighted by molar-refractivity contribution is -0.138. The average molecular weight is 466 g/mol. The summed E-state index contributed by atoms with van der Waals surface area (Å²) in [4.78, 5) is 29.7. The van der Waals surface area contributed by atoms with Gasteiger partial charge in [0.05, 0.1) is 22.9 Å². The molecular formula is C23H17F3N6O2. The second kappa shape index (κ2) is 8.18. The predicted octanol–water partition coefficient (Wildman–Crippen LogP) is 3.18. The predicted molar refractivity (Wildman–Crippen MR) is 119 cm³/mol. The van der Waals surface area contributed by atoms with Crippen molar-refractivity contribution in [3.05, 3.63) is 83.7 Å². The Kier molecular flexibility index (Phi) is 5.16. The molecule has 0 atom stereocenters. The molecule has 0 aliphatic rings. The Hall–Kier alpha value is -4.41. The van der Waals surface area contributed by atoms with Crippen LogP contribution in [0.2, 0.25) is 0 Å². The van der Waals surface area contributed by atoms with Crippen LogP contribution in [-0.4, -0.2) is 42.4 Å². The number of benzene rings is 2. The summed E-state index contributed by atoms with van der Waals surface area (Å²) < 4.78 is 41.5. The van der Waals surface area contributed by atoms with E-state index < -0.39 is 30.9 Å². The highest BCUT2D eigenvalue weighted by molar-refractivity contribution is 5.82. The van der Waals surface area contributed by atoms with Gasteiger partial charge in [-0.1, -0.05) is 24.3 Å². The van der Waals surface area contributed by atoms with Gasteiger partial charge in [-0.3, -0.25) is 13.9 Å². The molecule has 2 aromatic carbocycles. The molecular weight excluding hydrogens is 449 g/mol. The average Bonchev–Trinajstić information content (AvgIpc) is 3.37. The number of rotatable bonds is 5. The Morgan fingerprint density at radius 1 is 1.00 bits per heavy atom. The third kappa shape index (κ3) is 3.91. The number of nitrogens with zero attached hydrogens (tertiary/aromatic N) is 5. The topological polar surface area (TPSA) is 86.2 Å². The van der Waals surface area contributed by atoms with Gasteiger partial charge in [0.25, 0.3) is 0 Å². The molecule has 0 saturated carbocycles. The zero-order chi connectivity index (χ0) is 23.9. The van der Waals surface area contributed by atoms with Crippen molar-refractivity contribution in [1.82, 2.24) is 29.0 Å². The van der Waals surface area contributed by atoms with Gasteiger partial charge in [-0.05, 0) is 35.9 Å². The molecule has 1 N–H and O–H groups in total. The van der Waals surface area contributed by atoms with Crippen molar-refractivity contribution in [3.63, 3.8) is 0 Å². The standard InChI is InChI=1S/C23H17F3N6O2/c24-23(25,26)14-28-20(33)13-30-18-4-1-2-5-19(18)32(22(30)34)16-8-6-15(7-9-16)17-12-29-31-11-3-10-27-21(17)31/h1-12H,13-14H2,(H,28,33). The van der Waals surface area contributed by atoms with E-state index >= 15 is 0 Å². The summed E-state index contributed by atoms with van der Waals surface area (Å²) in [6.07, 6.45) is 0.634. The SMILES string of the molecule is O=C(Cn1c(=O)n(-c2ccc(-c3cnn4cccnc34)cc2)c2ccccc21)NCC(F)(F)F. The maximum Gasteiger partial charge on any atom is 0.405 e. The number of alkyl halides is 3. The smallest absolute Gasteiger partial charge is 0.345 e. The van der Waals surface area contributed by atoms with Crippen LogP contribution < -0.4 is 11.0 Å². The Morgan fingerprint density at radius 3 is 2.47 bits per heavy atom. The Bertz CT molecular complexity index is 1560. The van der Waals surface area contributed by atoms with E-state index in [-0.39, 0.29) is 0 Å². The first-order valence-electron chi connectivity index (χ1n) is 10.2. The van der Waals surface area contributed by atoms with Gasteiger partial charge in [0.2, 0.25) is 5.91 Å². The van der Waals surface area contributed by atoms with E-state index in [1.165, 1.54) is 4.57 Å². The normalized spacial score (nSPS) is 11.9. The first-order valence-corrected chi connectivity index (χ1v) is 10.2. The van der Waals surface area contributed by atoms with Gasteiger partial charge < -0.3 is 5.32 Å². The Labute approximate surface area is 189 Å². The fraction of sp³-hybridized carbons (Fsp3) is 0.130. The van der Waals surface area contributed by atoms with Gasteiger partial charge in [0.1, 0.15) is 13.1 Å². The van der Waals surface area contributed by atoms with Crippen LogP contribution in [0.4, 0.5) is 13.2 Å². The number of aromatic nitrogens is 5. The molecule has 0 fully saturated rings. The Morgan fingerprint density at radius 2 is 1.74 bits per heavy atom. The summed E-state index contributed by atoms with van der Waals surface area (Å²) in [6, 6.07) is 15.7. The van der Waals surface area contributed by atoms with Crippen LogP contribution in [-0.2, 0) is 11.3 Å². The van der Waals surface area contributed by atoms with E-state index in [2.05, 4.69) is 10.1 Å². The second-order valence-corrected chi connectivity index (χ2v) is 7.58. The molecule has 0 aliphatic carbocycles. The van der Waals surface area contributed by atoms with Crippen LogP contribution in [0.5, 0.6) is 0 Å². The summed E-state index contributed by atoms with van der Waals surface area (Å²) in [7, 11) is 0. The third-order valence-electron chi connectivity index (χ3n) is 5.34. The number of fused-ring (bicyclic) bond motifs is 2. The van der Waals surface area contributed by atoms with Crippen molar-refractivity contribution in [2.24, 2.45) is 0 Å². The first-order chi connectivity index (χ1) is 16.3. The molecule has 0 saturated heterocycles. The monoisotopic (exact) mass is 466 g/mol. The Balaban J connectivity index is 1.51. The summed E-state index contributed by atoms with van der Waals surface area (Å²) in [5.74, 6) is -0.904. The van der Waals surface area contributed by atoms with Crippen molar-refractivity contribution < 1.29 is 18.0 Å². The summed E-state index contributed by atoms with van der Waals surface area (Å²) in [5.41, 5.74) is 3.34. The molecule has 5 rings (SSSR count). The largest absolute Gasteiger partial charge is 0.405 e. The highest BCUT2D eigenvalue weighted by atomic mass is 19.4. The molecule has 0 bridgehead atoms. The van der Waals surface area contributed by atoms with E-state index in [4.69, 9.17) is 0 Å². The molecule has 3 heterocycles. The lowest BCUT2D eigenvalue weighted by Gasteiger charge is -2.08. The number of hydrogen-bond acceptors (Lipinski definition) is 4. The van der Waals surface area contributed by atoms with E-state index in [1.54, 1.807) is 70.9 Å². The minimum Gasteiger partial charge on any atom is -0.345 e. The molecule has 172 valence electrons. The molecule has 0 unspecified atom stereocenters. The number of imidazole rings is 1. The molecule has 0 radical (unpaired) electrons. The number of halogens is 3. The number of amides is 1. The zero-order valence-electron chi connectivity index (χ0n) is 17.5. The highest BCUT2D eigenvalue weighted by Crippen LogP contribution is 2.25. The fourth-order valence-electron chi connectivity index (χ4n) is 3.83. The number of para-hydroxylation sites is 2. The van der Waals surface area contributed by atoms with Crippen molar-refractivity contribution in [2.45, 2.75) is 12.7 Å². The van der Waals surface area contributed by atoms with Gasteiger partial charge in [-0.25, -0.2) is 14.3 Å². The minimum absolute atomic E-state index is 0.436. The van der Waals surface area contributed by atoms with Crippen LogP contribution in [0, 0.1) is 0 Å². The highest BCUT2D eigenvalue weighted by Gasteiger charge is 2.28. The van der Waals surface area contributed by atoms with Crippen molar-refractivity contribution in [3.8, 4) is 16.8 Å². The molecule has 5 aromatic rings. The van der Waals surface area contributed by atoms with Crippen molar-refractivity contribution >= 4 is 22.6 Å². The van der Waals surface area contributed by atoms with Gasteiger partial charge in [-0.15, -0.1) is 0 Å². The molecule has 0 aliphatic heterocycles. The number of hydrogen-bond donors (Lipinski definition) is 1. The first kappa shape index (κ1) is 21.4. The number of nitrogens with one attached hydrogen (secondary N) is 1. The third-order valence-corrected chi connectivity index (χ3v) is 5.34. The van der Waals surface area contributed by atoms with Crippen molar-refractivity contribution in [2.75, 3.05) is 6.54 Å². The molecule has 1 amide bonds. The van der Waals surface area contributed by atoms with Crippen LogP contribution in [0.1, 0.15) is 0 Å². The summed E-state index contributed by atoms with van der Waals surface area (Å²) in [6.45, 7) is -1.99. The number of carbonyl (C=O) groups is 1. The minimum atomic E-state index is -4.53. The summed E-state index contributed by atoms with van der Waals surface area (Å²) >= 11 is 0. The lowest BCUT2D eigenvalue weighted by Crippen LogP contribution is -2.37. The number of carbonyl (C=O) groups excluding carboxylic acids is 1. The molecule has 3 aromatic heterocycles. The molecule has 8 nitrogen and oxygen atoms in total. The maximum atomic E-state index is 13.2. The second-order valence-electron chi connectivity index (χ2n) is 7.58. The van der Waals surface area contributed by atoms with Gasteiger partial charge >= 0.3 is 11.9 Å². The quantitative estimate of drug-likeness (QED) is 0.431. The lowest BCUT2D eigenvalue weighted by atomic mass is 10.1. The van der Waals surface area contributed by atoms with Crippen LogP contribution in [0.25, 0.3) is 33.5 Å². The van der Waals surface area contributed by atoms with Gasteiger partial charge in [-0.2, -0.15) is 18.3 Å². The van der Waals surface area contributed by atoms with Crippen LogP contribution >= 0.6 is 0 Å². The van der Waals surface area contributed by atoms with Crippen LogP contribution in [0.15, 0.2) is 78.0 Å². The maximum absolute atomic E-state index is 13.2.